The highest BCUT2D eigenvalue weighted by molar-refractivity contribution is 5.92. The van der Waals surface area contributed by atoms with Crippen molar-refractivity contribution in [3.8, 4) is 0 Å². The van der Waals surface area contributed by atoms with E-state index in [1.807, 2.05) is 5.32 Å². The third-order valence-corrected chi connectivity index (χ3v) is 2.98. The van der Waals surface area contributed by atoms with E-state index < -0.39 is 54.1 Å². The molecule has 0 fully saturated rings. The standard InChI is InChI=1S/C13H22N4O7/c1-6(5-15-9(18)4-14)11(21)16-7(2)12(22)17-8(13(23)24)3-10(19)20/h6-8H,3-5,14H2,1-2H3,(H,15,18)(H,16,21)(H,17,22)(H,19,20)(H,23,24)/t6?,7-,8-/m0/s1. The SMILES string of the molecule is CC(CNC(=O)CN)C(=O)N[C@@H](C)C(=O)N[C@@H](CC(=O)O)C(=O)O. The monoisotopic (exact) mass is 346 g/mol. The minimum absolute atomic E-state index is 0.0208. The summed E-state index contributed by atoms with van der Waals surface area (Å²) in [6.45, 7) is 2.64. The molecule has 0 aromatic carbocycles. The summed E-state index contributed by atoms with van der Waals surface area (Å²) in [5.41, 5.74) is 5.10. The van der Waals surface area contributed by atoms with Gasteiger partial charge >= 0.3 is 11.9 Å². The van der Waals surface area contributed by atoms with Crippen LogP contribution in [-0.4, -0.2) is 65.0 Å². The van der Waals surface area contributed by atoms with Crippen LogP contribution in [0.3, 0.4) is 0 Å². The smallest absolute Gasteiger partial charge is 0.326 e. The highest BCUT2D eigenvalue weighted by Gasteiger charge is 2.26. The molecule has 0 aliphatic rings. The zero-order valence-corrected chi connectivity index (χ0v) is 13.4. The van der Waals surface area contributed by atoms with Gasteiger partial charge in [-0.05, 0) is 6.92 Å². The Morgan fingerprint density at radius 2 is 1.58 bits per heavy atom. The fraction of sp³-hybridized carbons (Fsp3) is 0.615. The van der Waals surface area contributed by atoms with Gasteiger partial charge in [-0.2, -0.15) is 0 Å². The van der Waals surface area contributed by atoms with E-state index in [-0.39, 0.29) is 13.1 Å². The zero-order valence-electron chi connectivity index (χ0n) is 13.4. The van der Waals surface area contributed by atoms with Crippen molar-refractivity contribution in [1.82, 2.24) is 16.0 Å². The molecule has 0 radical (unpaired) electrons. The van der Waals surface area contributed by atoms with Gasteiger partial charge in [-0.3, -0.25) is 19.2 Å². The molecule has 11 heteroatoms. The molecule has 0 saturated carbocycles. The van der Waals surface area contributed by atoms with Crippen molar-refractivity contribution in [3.05, 3.63) is 0 Å². The number of carboxylic acid groups (broad SMARTS) is 2. The van der Waals surface area contributed by atoms with E-state index in [1.165, 1.54) is 13.8 Å². The van der Waals surface area contributed by atoms with Crippen LogP contribution in [0.2, 0.25) is 0 Å². The van der Waals surface area contributed by atoms with Crippen molar-refractivity contribution in [3.63, 3.8) is 0 Å². The number of carboxylic acids is 2. The summed E-state index contributed by atoms with van der Waals surface area (Å²) in [5.74, 6) is -5.34. The molecule has 7 N–H and O–H groups in total. The number of hydrogen-bond acceptors (Lipinski definition) is 6. The van der Waals surface area contributed by atoms with Crippen molar-refractivity contribution in [2.75, 3.05) is 13.1 Å². The third kappa shape index (κ3) is 8.08. The van der Waals surface area contributed by atoms with E-state index in [0.717, 1.165) is 0 Å². The number of carbonyl (C=O) groups is 5. The maximum absolute atomic E-state index is 11.9. The molecule has 0 saturated heterocycles. The molecule has 11 nitrogen and oxygen atoms in total. The number of aliphatic carboxylic acids is 2. The average Bonchev–Trinajstić information content (AvgIpc) is 2.50. The van der Waals surface area contributed by atoms with E-state index in [0.29, 0.717) is 0 Å². The van der Waals surface area contributed by atoms with E-state index in [1.54, 1.807) is 0 Å². The first-order valence-electron chi connectivity index (χ1n) is 7.10. The second kappa shape index (κ2) is 10.2. The topological polar surface area (TPSA) is 188 Å². The molecule has 0 bridgehead atoms. The summed E-state index contributed by atoms with van der Waals surface area (Å²) >= 11 is 0. The van der Waals surface area contributed by atoms with Gasteiger partial charge < -0.3 is 31.9 Å². The second-order valence-corrected chi connectivity index (χ2v) is 5.14. The lowest BCUT2D eigenvalue weighted by Gasteiger charge is -2.19. The molecule has 0 aliphatic carbocycles. The predicted octanol–water partition coefficient (Wildman–Crippen LogP) is -2.75. The number of hydrogen-bond donors (Lipinski definition) is 6. The largest absolute Gasteiger partial charge is 0.481 e. The molecule has 0 spiro atoms. The summed E-state index contributed by atoms with van der Waals surface area (Å²) in [6.07, 6.45) is -0.788. The van der Waals surface area contributed by atoms with Gasteiger partial charge in [0.2, 0.25) is 17.7 Å². The van der Waals surface area contributed by atoms with Gasteiger partial charge in [0.25, 0.3) is 0 Å². The van der Waals surface area contributed by atoms with Crippen LogP contribution >= 0.6 is 0 Å². The number of amides is 3. The fourth-order valence-corrected chi connectivity index (χ4v) is 1.52. The highest BCUT2D eigenvalue weighted by atomic mass is 16.4. The van der Waals surface area contributed by atoms with Crippen molar-refractivity contribution in [1.29, 1.82) is 0 Å². The van der Waals surface area contributed by atoms with Gasteiger partial charge in [-0.1, -0.05) is 6.92 Å². The lowest BCUT2D eigenvalue weighted by molar-refractivity contribution is -0.147. The molecule has 24 heavy (non-hydrogen) atoms. The Morgan fingerprint density at radius 3 is 2.04 bits per heavy atom. The van der Waals surface area contributed by atoms with Crippen LogP contribution in [-0.2, 0) is 24.0 Å². The van der Waals surface area contributed by atoms with Crippen LogP contribution in [0.15, 0.2) is 0 Å². The zero-order chi connectivity index (χ0) is 18.9. The minimum Gasteiger partial charge on any atom is -0.481 e. The fourth-order valence-electron chi connectivity index (χ4n) is 1.52. The summed E-state index contributed by atoms with van der Waals surface area (Å²) in [6, 6.07) is -2.68. The van der Waals surface area contributed by atoms with Crippen molar-refractivity contribution in [2.45, 2.75) is 32.4 Å². The Balaban J connectivity index is 4.51. The van der Waals surface area contributed by atoms with Gasteiger partial charge in [-0.25, -0.2) is 4.79 Å². The number of nitrogens with one attached hydrogen (secondary N) is 3. The quantitative estimate of drug-likeness (QED) is 0.245. The Kier molecular flexibility index (Phi) is 9.02. The molecule has 136 valence electrons. The predicted molar refractivity (Wildman–Crippen MR) is 80.7 cm³/mol. The molecule has 0 aromatic rings. The van der Waals surface area contributed by atoms with Gasteiger partial charge in [-0.15, -0.1) is 0 Å². The minimum atomic E-state index is -1.60. The van der Waals surface area contributed by atoms with Gasteiger partial charge in [0.1, 0.15) is 12.1 Å². The second-order valence-electron chi connectivity index (χ2n) is 5.14. The Labute approximate surface area is 138 Å². The summed E-state index contributed by atoms with van der Waals surface area (Å²) in [5, 5.41) is 24.2. The van der Waals surface area contributed by atoms with Crippen LogP contribution in [0.25, 0.3) is 0 Å². The molecule has 3 amide bonds. The van der Waals surface area contributed by atoms with Crippen LogP contribution in [0.1, 0.15) is 20.3 Å². The lowest BCUT2D eigenvalue weighted by Crippen LogP contribution is -2.52. The average molecular weight is 346 g/mol. The normalized spacial score (nSPS) is 14.0. The van der Waals surface area contributed by atoms with Crippen LogP contribution in [0.4, 0.5) is 0 Å². The van der Waals surface area contributed by atoms with Crippen LogP contribution in [0.5, 0.6) is 0 Å². The first kappa shape index (κ1) is 21.3. The Hall–Kier alpha value is -2.69. The molecule has 3 atom stereocenters. The Morgan fingerprint density at radius 1 is 1.00 bits per heavy atom. The summed E-state index contributed by atoms with van der Waals surface area (Å²) in [7, 11) is 0. The van der Waals surface area contributed by atoms with Gasteiger partial charge in [0.05, 0.1) is 18.9 Å². The maximum Gasteiger partial charge on any atom is 0.326 e. The van der Waals surface area contributed by atoms with Crippen molar-refractivity contribution in [2.24, 2.45) is 11.7 Å². The van der Waals surface area contributed by atoms with Crippen LogP contribution < -0.4 is 21.7 Å². The Bertz CT molecular complexity index is 509. The van der Waals surface area contributed by atoms with E-state index >= 15 is 0 Å². The van der Waals surface area contributed by atoms with E-state index in [2.05, 4.69) is 10.6 Å². The molecule has 0 aliphatic heterocycles. The molecular formula is C13H22N4O7. The molecule has 1 unspecified atom stereocenters. The third-order valence-electron chi connectivity index (χ3n) is 2.98. The number of rotatable bonds is 10. The lowest BCUT2D eigenvalue weighted by atomic mass is 10.1. The molecule has 0 aromatic heterocycles. The van der Waals surface area contributed by atoms with E-state index in [4.69, 9.17) is 15.9 Å². The maximum atomic E-state index is 11.9. The highest BCUT2D eigenvalue weighted by Crippen LogP contribution is 1.97. The van der Waals surface area contributed by atoms with Gasteiger partial charge in [0.15, 0.2) is 0 Å². The van der Waals surface area contributed by atoms with Crippen molar-refractivity contribution >= 4 is 29.7 Å². The van der Waals surface area contributed by atoms with Crippen molar-refractivity contribution < 1.29 is 34.2 Å². The number of nitrogens with two attached hydrogens (primary N) is 1. The molecular weight excluding hydrogens is 324 g/mol. The van der Waals surface area contributed by atoms with Crippen LogP contribution in [0, 0.1) is 5.92 Å². The molecule has 0 heterocycles. The summed E-state index contributed by atoms with van der Waals surface area (Å²) < 4.78 is 0. The van der Waals surface area contributed by atoms with Gasteiger partial charge in [0, 0.05) is 6.54 Å². The summed E-state index contributed by atoms with van der Waals surface area (Å²) in [4.78, 5) is 56.2. The van der Waals surface area contributed by atoms with E-state index in [9.17, 15) is 24.0 Å². The molecule has 0 rings (SSSR count). The number of carbonyl (C=O) groups excluding carboxylic acids is 3. The first-order chi connectivity index (χ1) is 11.1. The first-order valence-corrected chi connectivity index (χ1v) is 7.10.